The summed E-state index contributed by atoms with van der Waals surface area (Å²) in [4.78, 5) is 23.1. The molecule has 0 bridgehead atoms. The van der Waals surface area contributed by atoms with Crippen molar-refractivity contribution in [1.82, 2.24) is 9.88 Å². The van der Waals surface area contributed by atoms with Gasteiger partial charge in [-0.1, -0.05) is 11.1 Å². The van der Waals surface area contributed by atoms with Crippen molar-refractivity contribution in [3.8, 4) is 11.5 Å². The van der Waals surface area contributed by atoms with Crippen LogP contribution >= 0.6 is 0 Å². The number of rotatable bonds is 4. The molecule has 3 N–H and O–H groups in total. The van der Waals surface area contributed by atoms with Crippen molar-refractivity contribution >= 4 is 11.9 Å². The Kier molecular flexibility index (Phi) is 4.34. The zero-order valence-electron chi connectivity index (χ0n) is 14.6. The number of fused-ring (bicyclic) bond motifs is 1. The third-order valence-corrected chi connectivity index (χ3v) is 5.01. The average molecular weight is 356 g/mol. The van der Waals surface area contributed by atoms with Crippen LogP contribution in [0.15, 0.2) is 30.6 Å². The number of hydrogen-bond acceptors (Lipinski definition) is 6. The highest BCUT2D eigenvalue weighted by atomic mass is 16.7. The van der Waals surface area contributed by atoms with E-state index in [1.54, 1.807) is 6.20 Å². The molecule has 8 nitrogen and oxygen atoms in total. The number of nitrogens with zero attached hydrogens (tertiary/aromatic N) is 3. The van der Waals surface area contributed by atoms with Gasteiger partial charge in [0.15, 0.2) is 11.5 Å². The Morgan fingerprint density at radius 2 is 2.00 bits per heavy atom. The Balaban J connectivity index is 1.39. The quantitative estimate of drug-likeness (QED) is 0.862. The van der Waals surface area contributed by atoms with Crippen LogP contribution in [-0.2, 0) is 0 Å². The Hall–Kier alpha value is -2.87. The summed E-state index contributed by atoms with van der Waals surface area (Å²) in [6.45, 7) is 6.05. The van der Waals surface area contributed by atoms with Crippen LogP contribution in [0, 0.1) is 0 Å². The summed E-state index contributed by atoms with van der Waals surface area (Å²) in [5.74, 6) is 1.90. The summed E-state index contributed by atoms with van der Waals surface area (Å²) in [6, 6.07) is 6.43. The summed E-state index contributed by atoms with van der Waals surface area (Å²) in [5, 5.41) is 0. The molecule has 1 unspecified atom stereocenters. The highest BCUT2D eigenvalue weighted by molar-refractivity contribution is 5.91. The number of amides is 1. The number of ether oxygens (including phenoxy) is 2. The van der Waals surface area contributed by atoms with Crippen LogP contribution in [0.1, 0.15) is 28.9 Å². The van der Waals surface area contributed by atoms with Crippen molar-refractivity contribution in [1.29, 1.82) is 0 Å². The lowest BCUT2D eigenvalue weighted by atomic mass is 10.1. The number of hydrogen-bond donors (Lipinski definition) is 1. The molecular formula is C18H22N5O3+. The SMILES string of the molecule is CC(c1ccc2c(c1)OCO2)N1CCN(c2ncc(C(N)=O)c[nH+]2)CC1. The maximum absolute atomic E-state index is 11.1. The molecule has 0 aliphatic carbocycles. The predicted octanol–water partition coefficient (Wildman–Crippen LogP) is 0.607. The Labute approximate surface area is 151 Å². The van der Waals surface area contributed by atoms with Gasteiger partial charge in [-0.05, 0) is 24.6 Å². The summed E-state index contributed by atoms with van der Waals surface area (Å²) in [5.41, 5.74) is 6.85. The van der Waals surface area contributed by atoms with Crippen LogP contribution in [0.25, 0.3) is 0 Å². The lowest BCUT2D eigenvalue weighted by Gasteiger charge is -2.35. The number of H-pyrrole nitrogens is 1. The smallest absolute Gasteiger partial charge is 0.391 e. The van der Waals surface area contributed by atoms with Gasteiger partial charge in [-0.15, -0.1) is 0 Å². The van der Waals surface area contributed by atoms with Crippen LogP contribution in [0.4, 0.5) is 5.95 Å². The molecule has 1 atom stereocenters. The lowest BCUT2D eigenvalue weighted by Crippen LogP contribution is -2.49. The first-order chi connectivity index (χ1) is 12.6. The van der Waals surface area contributed by atoms with Gasteiger partial charge in [-0.25, -0.2) is 4.98 Å². The van der Waals surface area contributed by atoms with E-state index in [0.29, 0.717) is 18.4 Å². The van der Waals surface area contributed by atoms with E-state index in [0.717, 1.165) is 43.6 Å². The molecule has 0 radical (unpaired) electrons. The monoisotopic (exact) mass is 356 g/mol. The molecule has 8 heteroatoms. The van der Waals surface area contributed by atoms with E-state index in [2.05, 4.69) is 38.8 Å². The summed E-state index contributed by atoms with van der Waals surface area (Å²) < 4.78 is 10.9. The summed E-state index contributed by atoms with van der Waals surface area (Å²) >= 11 is 0. The number of aromatic amines is 1. The third-order valence-electron chi connectivity index (χ3n) is 5.01. The third kappa shape index (κ3) is 3.15. The lowest BCUT2D eigenvalue weighted by molar-refractivity contribution is -0.368. The topological polar surface area (TPSA) is 95.1 Å². The van der Waals surface area contributed by atoms with Crippen molar-refractivity contribution in [3.63, 3.8) is 0 Å². The van der Waals surface area contributed by atoms with Crippen LogP contribution in [-0.4, -0.2) is 48.8 Å². The van der Waals surface area contributed by atoms with Gasteiger partial charge in [0.2, 0.25) is 6.79 Å². The maximum atomic E-state index is 11.1. The fourth-order valence-electron chi connectivity index (χ4n) is 3.36. The number of aromatic nitrogens is 2. The predicted molar refractivity (Wildman–Crippen MR) is 94.1 cm³/mol. The molecule has 3 heterocycles. The van der Waals surface area contributed by atoms with Crippen LogP contribution in [0.3, 0.4) is 0 Å². The van der Waals surface area contributed by atoms with Crippen LogP contribution in [0.2, 0.25) is 0 Å². The van der Waals surface area contributed by atoms with Gasteiger partial charge in [0.25, 0.3) is 5.91 Å². The van der Waals surface area contributed by atoms with Crippen LogP contribution < -0.4 is 25.1 Å². The second-order valence-corrected chi connectivity index (χ2v) is 6.50. The maximum Gasteiger partial charge on any atom is 0.391 e. The van der Waals surface area contributed by atoms with E-state index in [1.807, 2.05) is 6.07 Å². The number of nitrogens with two attached hydrogens (primary N) is 1. The van der Waals surface area contributed by atoms with Gasteiger partial charge < -0.3 is 15.2 Å². The second kappa shape index (κ2) is 6.80. The van der Waals surface area contributed by atoms with Gasteiger partial charge in [-0.3, -0.25) is 14.6 Å². The van der Waals surface area contributed by atoms with E-state index in [4.69, 9.17) is 15.2 Å². The molecule has 2 aromatic rings. The first-order valence-corrected chi connectivity index (χ1v) is 8.68. The highest BCUT2D eigenvalue weighted by Gasteiger charge is 2.28. The minimum absolute atomic E-state index is 0.292. The standard InChI is InChI=1S/C18H21N5O3/c1-12(13-2-3-15-16(8-13)26-11-25-15)22-4-6-23(7-5-22)18-20-9-14(10-21-18)17(19)24/h2-3,8-10,12H,4-7,11H2,1H3,(H2,19,24)/p+1. The number of nitrogens with one attached hydrogen (secondary N) is 1. The number of carbonyl (C=O) groups is 1. The highest BCUT2D eigenvalue weighted by Crippen LogP contribution is 2.35. The normalized spacial score (nSPS) is 18.0. The molecule has 4 rings (SSSR count). The van der Waals surface area contributed by atoms with Gasteiger partial charge in [-0.2, -0.15) is 0 Å². The summed E-state index contributed by atoms with van der Waals surface area (Å²) in [6.07, 6.45) is 3.11. The number of anilines is 1. The number of carbonyl (C=O) groups excluding carboxylic acids is 1. The molecule has 1 fully saturated rings. The first kappa shape index (κ1) is 16.6. The Morgan fingerprint density at radius 3 is 2.69 bits per heavy atom. The number of piperazine rings is 1. The molecule has 1 saturated heterocycles. The van der Waals surface area contributed by atoms with Gasteiger partial charge in [0.1, 0.15) is 11.8 Å². The molecular weight excluding hydrogens is 334 g/mol. The Morgan fingerprint density at radius 1 is 1.23 bits per heavy atom. The van der Waals surface area contributed by atoms with Gasteiger partial charge in [0, 0.05) is 19.1 Å². The van der Waals surface area contributed by atoms with Crippen molar-refractivity contribution in [3.05, 3.63) is 41.7 Å². The molecule has 1 amide bonds. The average Bonchev–Trinajstić information content (AvgIpc) is 3.15. The van der Waals surface area contributed by atoms with Gasteiger partial charge >= 0.3 is 5.95 Å². The van der Waals surface area contributed by atoms with E-state index < -0.39 is 5.91 Å². The van der Waals surface area contributed by atoms with Crippen molar-refractivity contribution in [2.75, 3.05) is 37.9 Å². The zero-order chi connectivity index (χ0) is 18.1. The van der Waals surface area contributed by atoms with E-state index in [1.165, 1.54) is 11.8 Å². The largest absolute Gasteiger partial charge is 0.454 e. The molecule has 26 heavy (non-hydrogen) atoms. The minimum Gasteiger partial charge on any atom is -0.454 e. The second-order valence-electron chi connectivity index (χ2n) is 6.50. The van der Waals surface area contributed by atoms with E-state index in [9.17, 15) is 4.79 Å². The Bertz CT molecular complexity index is 803. The molecule has 1 aromatic heterocycles. The minimum atomic E-state index is -0.484. The first-order valence-electron chi connectivity index (χ1n) is 8.68. The van der Waals surface area contributed by atoms with Crippen molar-refractivity contribution in [2.45, 2.75) is 13.0 Å². The number of primary amides is 1. The fourth-order valence-corrected chi connectivity index (χ4v) is 3.36. The fraction of sp³-hybridized carbons (Fsp3) is 0.389. The van der Waals surface area contributed by atoms with Crippen molar-refractivity contribution < 1.29 is 19.3 Å². The molecule has 136 valence electrons. The molecule has 0 saturated carbocycles. The molecule has 1 aromatic carbocycles. The number of benzene rings is 1. The summed E-state index contributed by atoms with van der Waals surface area (Å²) in [7, 11) is 0. The molecule has 0 spiro atoms. The molecule has 2 aliphatic heterocycles. The van der Waals surface area contributed by atoms with E-state index >= 15 is 0 Å². The van der Waals surface area contributed by atoms with E-state index in [-0.39, 0.29) is 0 Å². The molecule has 2 aliphatic rings. The van der Waals surface area contributed by atoms with Crippen molar-refractivity contribution in [2.24, 2.45) is 5.73 Å². The van der Waals surface area contributed by atoms with Gasteiger partial charge in [0.05, 0.1) is 19.3 Å². The zero-order valence-corrected chi connectivity index (χ0v) is 14.6. The van der Waals surface area contributed by atoms with Crippen LogP contribution in [0.5, 0.6) is 11.5 Å².